The van der Waals surface area contributed by atoms with Crippen LogP contribution in [0.15, 0.2) is 24.3 Å². The number of rotatable bonds is 6. The van der Waals surface area contributed by atoms with Gasteiger partial charge in [-0.1, -0.05) is 52.0 Å². The van der Waals surface area contributed by atoms with Gasteiger partial charge < -0.3 is 10.6 Å². The number of halogens is 1. The normalized spacial score (nSPS) is 17.9. The summed E-state index contributed by atoms with van der Waals surface area (Å²) >= 11 is 0. The monoisotopic (exact) mass is 352 g/mol. The molecule has 4 heteroatoms. The van der Waals surface area contributed by atoms with Crippen LogP contribution < -0.4 is 10.6 Å². The minimum atomic E-state index is 0. The van der Waals surface area contributed by atoms with Gasteiger partial charge in [-0.05, 0) is 55.3 Å². The average molecular weight is 353 g/mol. The zero-order valence-electron chi connectivity index (χ0n) is 15.5. The zero-order valence-corrected chi connectivity index (χ0v) is 16.3. The van der Waals surface area contributed by atoms with E-state index in [9.17, 15) is 4.79 Å². The van der Waals surface area contributed by atoms with E-state index in [0.29, 0.717) is 11.8 Å². The lowest BCUT2D eigenvalue weighted by Gasteiger charge is -2.28. The van der Waals surface area contributed by atoms with E-state index < -0.39 is 0 Å². The number of nitrogens with one attached hydrogen (secondary N) is 2. The van der Waals surface area contributed by atoms with Crippen molar-refractivity contribution in [3.8, 4) is 0 Å². The van der Waals surface area contributed by atoms with Crippen molar-refractivity contribution in [2.75, 3.05) is 13.1 Å². The molecule has 3 nitrogen and oxygen atoms in total. The number of amides is 1. The molecule has 2 N–H and O–H groups in total. The van der Waals surface area contributed by atoms with E-state index in [1.807, 2.05) is 0 Å². The molecule has 0 radical (unpaired) electrons. The highest BCUT2D eigenvalue weighted by Gasteiger charge is 2.25. The van der Waals surface area contributed by atoms with Crippen molar-refractivity contribution >= 4 is 18.3 Å². The molecule has 0 spiro atoms. The molecule has 24 heavy (non-hydrogen) atoms. The highest BCUT2D eigenvalue weighted by molar-refractivity contribution is 5.85. The van der Waals surface area contributed by atoms with Crippen LogP contribution in [0.5, 0.6) is 0 Å². The van der Waals surface area contributed by atoms with Crippen LogP contribution in [0, 0.1) is 11.8 Å². The first-order valence-corrected chi connectivity index (χ1v) is 9.13. The molecule has 1 heterocycles. The first-order valence-electron chi connectivity index (χ1n) is 9.13. The van der Waals surface area contributed by atoms with Crippen molar-refractivity contribution < 1.29 is 4.79 Å². The summed E-state index contributed by atoms with van der Waals surface area (Å²) in [5.41, 5.74) is 2.60. The van der Waals surface area contributed by atoms with E-state index in [1.165, 1.54) is 11.1 Å². The van der Waals surface area contributed by atoms with E-state index >= 15 is 0 Å². The van der Waals surface area contributed by atoms with Crippen molar-refractivity contribution in [1.29, 1.82) is 0 Å². The lowest BCUT2D eigenvalue weighted by atomic mass is 9.91. The Morgan fingerprint density at radius 3 is 2.17 bits per heavy atom. The van der Waals surface area contributed by atoms with Crippen LogP contribution in [0.1, 0.15) is 70.0 Å². The zero-order chi connectivity index (χ0) is 16.8. The highest BCUT2D eigenvalue weighted by atomic mass is 35.5. The van der Waals surface area contributed by atoms with Crippen molar-refractivity contribution in [3.63, 3.8) is 0 Å². The molecule has 2 rings (SSSR count). The number of hydrogen-bond donors (Lipinski definition) is 2. The summed E-state index contributed by atoms with van der Waals surface area (Å²) in [6.45, 7) is 10.7. The Labute approximate surface area is 153 Å². The molecule has 0 bridgehead atoms. The Morgan fingerprint density at radius 2 is 1.67 bits per heavy atom. The Bertz CT molecular complexity index is 495. The third-order valence-corrected chi connectivity index (χ3v) is 5.15. The second-order valence-electron chi connectivity index (χ2n) is 7.23. The third-order valence-electron chi connectivity index (χ3n) is 5.15. The molecule has 1 aromatic carbocycles. The van der Waals surface area contributed by atoms with Crippen LogP contribution in [0.4, 0.5) is 0 Å². The summed E-state index contributed by atoms with van der Waals surface area (Å²) in [6, 6.07) is 8.91. The van der Waals surface area contributed by atoms with Gasteiger partial charge in [-0.25, -0.2) is 0 Å². The maximum atomic E-state index is 12.6. The molecular weight excluding hydrogens is 320 g/mol. The van der Waals surface area contributed by atoms with Gasteiger partial charge in [0.15, 0.2) is 0 Å². The van der Waals surface area contributed by atoms with E-state index in [-0.39, 0.29) is 30.3 Å². The predicted molar refractivity (Wildman–Crippen MR) is 104 cm³/mol. The molecule has 2 atom stereocenters. The van der Waals surface area contributed by atoms with Crippen LogP contribution >= 0.6 is 12.4 Å². The Morgan fingerprint density at radius 1 is 1.12 bits per heavy atom. The molecule has 136 valence electrons. The minimum absolute atomic E-state index is 0. The first-order chi connectivity index (χ1) is 11.0. The molecular formula is C20H33ClN2O. The smallest absolute Gasteiger partial charge is 0.223 e. The summed E-state index contributed by atoms with van der Waals surface area (Å²) in [5.74, 6) is 1.36. The summed E-state index contributed by atoms with van der Waals surface area (Å²) in [4.78, 5) is 12.6. The molecule has 1 aliphatic rings. The van der Waals surface area contributed by atoms with Gasteiger partial charge in [0.1, 0.15) is 0 Å². The summed E-state index contributed by atoms with van der Waals surface area (Å²) in [5, 5.41) is 6.62. The standard InChI is InChI=1S/C20H32N2O.ClH/c1-5-15(4)16-6-8-17(9-7-16)19(14(2)3)22-20(23)18-10-12-21-13-11-18;/h6-9,14-15,18-19,21H,5,10-13H2,1-4H3,(H,22,23);1H. The van der Waals surface area contributed by atoms with Crippen molar-refractivity contribution in [2.24, 2.45) is 11.8 Å². The van der Waals surface area contributed by atoms with Crippen molar-refractivity contribution in [1.82, 2.24) is 10.6 Å². The second kappa shape index (κ2) is 10.0. The maximum Gasteiger partial charge on any atom is 0.223 e. The second-order valence-corrected chi connectivity index (χ2v) is 7.23. The Hall–Kier alpha value is -1.06. The van der Waals surface area contributed by atoms with Gasteiger partial charge in [0.25, 0.3) is 0 Å². The molecule has 1 fully saturated rings. The number of hydrogen-bond acceptors (Lipinski definition) is 2. The van der Waals surface area contributed by atoms with Gasteiger partial charge in [0.05, 0.1) is 6.04 Å². The van der Waals surface area contributed by atoms with Gasteiger partial charge in [-0.2, -0.15) is 0 Å². The lowest BCUT2D eigenvalue weighted by molar-refractivity contribution is -0.126. The molecule has 2 unspecified atom stereocenters. The third kappa shape index (κ3) is 5.49. The van der Waals surface area contributed by atoms with Crippen molar-refractivity contribution in [3.05, 3.63) is 35.4 Å². The number of carbonyl (C=O) groups is 1. The quantitative estimate of drug-likeness (QED) is 0.794. The fourth-order valence-electron chi connectivity index (χ4n) is 3.26. The van der Waals surface area contributed by atoms with Gasteiger partial charge in [0.2, 0.25) is 5.91 Å². The Balaban J connectivity index is 0.00000288. The minimum Gasteiger partial charge on any atom is -0.349 e. The maximum absolute atomic E-state index is 12.6. The molecule has 1 aromatic rings. The number of carbonyl (C=O) groups excluding carboxylic acids is 1. The van der Waals surface area contributed by atoms with Crippen LogP contribution in [0.25, 0.3) is 0 Å². The Kier molecular flexibility index (Phi) is 8.79. The van der Waals surface area contributed by atoms with Crippen LogP contribution in [-0.4, -0.2) is 19.0 Å². The van der Waals surface area contributed by atoms with Gasteiger partial charge in [0, 0.05) is 5.92 Å². The SMILES string of the molecule is CCC(C)c1ccc(C(NC(=O)C2CCNCC2)C(C)C)cc1.Cl. The highest BCUT2D eigenvalue weighted by Crippen LogP contribution is 2.26. The molecule has 1 saturated heterocycles. The molecule has 0 aliphatic carbocycles. The largest absolute Gasteiger partial charge is 0.349 e. The fraction of sp³-hybridized carbons (Fsp3) is 0.650. The van der Waals surface area contributed by atoms with Gasteiger partial charge in [-0.3, -0.25) is 4.79 Å². The van der Waals surface area contributed by atoms with E-state index in [1.54, 1.807) is 0 Å². The topological polar surface area (TPSA) is 41.1 Å². The van der Waals surface area contributed by atoms with Gasteiger partial charge >= 0.3 is 0 Å². The molecule has 0 saturated carbocycles. The number of piperidine rings is 1. The summed E-state index contributed by atoms with van der Waals surface area (Å²) in [7, 11) is 0. The molecule has 1 aliphatic heterocycles. The van der Waals surface area contributed by atoms with Crippen LogP contribution in [0.3, 0.4) is 0 Å². The van der Waals surface area contributed by atoms with E-state index in [4.69, 9.17) is 0 Å². The number of benzene rings is 1. The average Bonchev–Trinajstić information content (AvgIpc) is 2.59. The molecule has 0 aromatic heterocycles. The fourth-order valence-corrected chi connectivity index (χ4v) is 3.26. The van der Waals surface area contributed by atoms with Crippen LogP contribution in [-0.2, 0) is 4.79 Å². The summed E-state index contributed by atoms with van der Waals surface area (Å²) in [6.07, 6.45) is 3.05. The van der Waals surface area contributed by atoms with Crippen LogP contribution in [0.2, 0.25) is 0 Å². The first kappa shape index (κ1) is 21.0. The predicted octanol–water partition coefficient (Wildman–Crippen LogP) is 4.43. The van der Waals surface area contributed by atoms with Crippen molar-refractivity contribution in [2.45, 2.75) is 58.9 Å². The molecule has 1 amide bonds. The van der Waals surface area contributed by atoms with E-state index in [0.717, 1.165) is 32.4 Å². The van der Waals surface area contributed by atoms with Gasteiger partial charge in [-0.15, -0.1) is 12.4 Å². The van der Waals surface area contributed by atoms with E-state index in [2.05, 4.69) is 62.6 Å². The lowest BCUT2D eigenvalue weighted by Crippen LogP contribution is -2.40. The summed E-state index contributed by atoms with van der Waals surface area (Å²) < 4.78 is 0.